The van der Waals surface area contributed by atoms with Gasteiger partial charge in [-0.3, -0.25) is 14.9 Å². The lowest BCUT2D eigenvalue weighted by Gasteiger charge is -2.12. The van der Waals surface area contributed by atoms with Crippen molar-refractivity contribution in [1.29, 1.82) is 0 Å². The second-order valence-corrected chi connectivity index (χ2v) is 6.82. The molecule has 0 aliphatic carbocycles. The first kappa shape index (κ1) is 18.6. The molecule has 0 bridgehead atoms. The van der Waals surface area contributed by atoms with Gasteiger partial charge < -0.3 is 5.73 Å². The Morgan fingerprint density at radius 2 is 2.04 bits per heavy atom. The highest BCUT2D eigenvalue weighted by Gasteiger charge is 2.15. The monoisotopic (exact) mass is 383 g/mol. The number of aromatic nitrogens is 3. The van der Waals surface area contributed by atoms with Crippen LogP contribution >= 0.6 is 11.8 Å². The van der Waals surface area contributed by atoms with E-state index in [2.05, 4.69) is 9.97 Å². The van der Waals surface area contributed by atoms with Crippen LogP contribution in [0.4, 0.5) is 4.79 Å². The zero-order valence-corrected chi connectivity index (χ0v) is 15.3. The number of amides is 3. The van der Waals surface area contributed by atoms with Crippen molar-refractivity contribution in [2.45, 2.75) is 18.5 Å². The second-order valence-electron chi connectivity index (χ2n) is 5.75. The maximum absolute atomic E-state index is 13.0. The fourth-order valence-corrected chi connectivity index (χ4v) is 3.43. The summed E-state index contributed by atoms with van der Waals surface area (Å²) in [5, 5.41) is 2.91. The van der Waals surface area contributed by atoms with Crippen LogP contribution in [0, 0.1) is 6.92 Å². The number of primary amides is 1. The van der Waals surface area contributed by atoms with Gasteiger partial charge >= 0.3 is 6.03 Å². The first-order valence-electron chi connectivity index (χ1n) is 8.12. The highest BCUT2D eigenvalue weighted by atomic mass is 32.2. The van der Waals surface area contributed by atoms with Gasteiger partial charge in [0.25, 0.3) is 5.56 Å². The quantitative estimate of drug-likeness (QED) is 0.512. The van der Waals surface area contributed by atoms with Crippen molar-refractivity contribution in [1.82, 2.24) is 19.9 Å². The lowest BCUT2D eigenvalue weighted by Crippen LogP contribution is -2.35. The topological polar surface area (TPSA) is 120 Å². The molecule has 0 fully saturated rings. The van der Waals surface area contributed by atoms with Crippen LogP contribution in [0.25, 0.3) is 16.7 Å². The number of carbonyl (C=O) groups is 2. The van der Waals surface area contributed by atoms with Crippen molar-refractivity contribution in [3.05, 3.63) is 58.5 Å². The maximum Gasteiger partial charge on any atom is 0.318 e. The molecule has 3 rings (SSSR count). The summed E-state index contributed by atoms with van der Waals surface area (Å²) < 4.78 is 1.44. The third-order valence-corrected chi connectivity index (χ3v) is 4.64. The smallest absolute Gasteiger partial charge is 0.318 e. The van der Waals surface area contributed by atoms with Crippen LogP contribution in [0.2, 0.25) is 0 Å². The standard InChI is InChI=1S/C18H17N5O3S/c1-11-6-8-20-14(10-11)23-16(25)12-4-2-3-5-13(12)21-18(23)27-9-7-15(24)22-17(19)26/h2-6,8,10H,7,9H2,1H3,(H3,19,22,24,26). The van der Waals surface area contributed by atoms with Crippen molar-refractivity contribution in [2.24, 2.45) is 5.73 Å². The number of nitrogens with zero attached hydrogens (tertiary/aromatic N) is 3. The minimum absolute atomic E-state index is 0.0531. The van der Waals surface area contributed by atoms with Gasteiger partial charge in [0, 0.05) is 18.4 Å². The van der Waals surface area contributed by atoms with Gasteiger partial charge in [0.05, 0.1) is 10.9 Å². The highest BCUT2D eigenvalue weighted by Crippen LogP contribution is 2.21. The van der Waals surface area contributed by atoms with E-state index < -0.39 is 11.9 Å². The molecule has 138 valence electrons. The number of nitrogens with one attached hydrogen (secondary N) is 1. The number of carbonyl (C=O) groups excluding carboxylic acids is 2. The molecule has 1 aromatic carbocycles. The molecule has 9 heteroatoms. The zero-order valence-electron chi connectivity index (χ0n) is 14.5. The second kappa shape index (κ2) is 8.00. The molecule has 0 saturated carbocycles. The predicted molar refractivity (Wildman–Crippen MR) is 103 cm³/mol. The summed E-state index contributed by atoms with van der Waals surface area (Å²) in [4.78, 5) is 44.2. The van der Waals surface area contributed by atoms with Crippen molar-refractivity contribution in [2.75, 3.05) is 5.75 Å². The van der Waals surface area contributed by atoms with E-state index in [9.17, 15) is 14.4 Å². The Hall–Kier alpha value is -3.20. The number of hydrogen-bond acceptors (Lipinski definition) is 6. The fraction of sp³-hybridized carbons (Fsp3) is 0.167. The van der Waals surface area contributed by atoms with Crippen LogP contribution in [0.15, 0.2) is 52.5 Å². The first-order valence-corrected chi connectivity index (χ1v) is 9.11. The third-order valence-electron chi connectivity index (χ3n) is 3.70. The molecule has 3 aromatic rings. The Morgan fingerprint density at radius 1 is 1.26 bits per heavy atom. The molecule has 3 amide bonds. The Morgan fingerprint density at radius 3 is 2.78 bits per heavy atom. The minimum Gasteiger partial charge on any atom is -0.351 e. The third kappa shape index (κ3) is 4.32. The Kier molecular flexibility index (Phi) is 5.51. The van der Waals surface area contributed by atoms with Gasteiger partial charge in [0.15, 0.2) is 5.16 Å². The molecule has 0 unspecified atom stereocenters. The molecule has 0 atom stereocenters. The highest BCUT2D eigenvalue weighted by molar-refractivity contribution is 7.99. The summed E-state index contributed by atoms with van der Waals surface area (Å²) in [6.45, 7) is 1.91. The van der Waals surface area contributed by atoms with Gasteiger partial charge in [0.2, 0.25) is 5.91 Å². The SMILES string of the molecule is Cc1ccnc(-n2c(SCCC(=O)NC(N)=O)nc3ccccc3c2=O)c1. The van der Waals surface area contributed by atoms with E-state index in [0.29, 0.717) is 27.6 Å². The molecule has 0 aliphatic heterocycles. The average Bonchev–Trinajstić information content (AvgIpc) is 2.61. The lowest BCUT2D eigenvalue weighted by atomic mass is 10.2. The molecular formula is C18H17N5O3S. The Balaban J connectivity index is 2.00. The molecular weight excluding hydrogens is 366 g/mol. The summed E-state index contributed by atoms with van der Waals surface area (Å²) >= 11 is 1.23. The van der Waals surface area contributed by atoms with E-state index in [1.54, 1.807) is 36.5 Å². The van der Waals surface area contributed by atoms with Crippen molar-refractivity contribution in [3.63, 3.8) is 0 Å². The zero-order chi connectivity index (χ0) is 19.4. The number of thioether (sulfide) groups is 1. The number of para-hydroxylation sites is 1. The van der Waals surface area contributed by atoms with Crippen LogP contribution < -0.4 is 16.6 Å². The van der Waals surface area contributed by atoms with E-state index in [-0.39, 0.29) is 12.0 Å². The van der Waals surface area contributed by atoms with Gasteiger partial charge in [-0.1, -0.05) is 23.9 Å². The number of imide groups is 1. The largest absolute Gasteiger partial charge is 0.351 e. The van der Waals surface area contributed by atoms with Crippen molar-refractivity contribution >= 4 is 34.6 Å². The van der Waals surface area contributed by atoms with E-state index in [1.807, 2.05) is 18.3 Å². The minimum atomic E-state index is -0.894. The van der Waals surface area contributed by atoms with Crippen LogP contribution in [0.3, 0.4) is 0 Å². The first-order chi connectivity index (χ1) is 13.0. The molecule has 2 heterocycles. The molecule has 2 aromatic heterocycles. The van der Waals surface area contributed by atoms with Crippen LogP contribution in [0.1, 0.15) is 12.0 Å². The summed E-state index contributed by atoms with van der Waals surface area (Å²) in [5.41, 5.74) is 6.22. The summed E-state index contributed by atoms with van der Waals surface area (Å²) in [7, 11) is 0. The van der Waals surface area contributed by atoms with Crippen LogP contribution in [-0.2, 0) is 4.79 Å². The Labute approximate surface area is 158 Å². The van der Waals surface area contributed by atoms with Gasteiger partial charge in [-0.2, -0.15) is 0 Å². The number of benzene rings is 1. The summed E-state index contributed by atoms with van der Waals surface area (Å²) in [6.07, 6.45) is 1.68. The van der Waals surface area contributed by atoms with Crippen molar-refractivity contribution < 1.29 is 9.59 Å². The molecule has 3 N–H and O–H groups in total. The normalized spacial score (nSPS) is 10.7. The molecule has 0 aliphatic rings. The van der Waals surface area contributed by atoms with Crippen LogP contribution in [0.5, 0.6) is 0 Å². The Bertz CT molecular complexity index is 1080. The summed E-state index contributed by atoms with van der Waals surface area (Å²) in [6, 6.07) is 9.79. The lowest BCUT2D eigenvalue weighted by molar-refractivity contribution is -0.119. The molecule has 8 nitrogen and oxygen atoms in total. The molecule has 0 radical (unpaired) electrons. The predicted octanol–water partition coefficient (Wildman–Crippen LogP) is 1.77. The number of pyridine rings is 1. The number of fused-ring (bicyclic) bond motifs is 1. The van der Waals surface area contributed by atoms with Crippen molar-refractivity contribution in [3.8, 4) is 5.82 Å². The van der Waals surface area contributed by atoms with Gasteiger partial charge in [-0.25, -0.2) is 19.3 Å². The maximum atomic E-state index is 13.0. The van der Waals surface area contributed by atoms with Crippen LogP contribution in [-0.4, -0.2) is 32.2 Å². The molecule has 0 spiro atoms. The molecule has 27 heavy (non-hydrogen) atoms. The number of nitrogens with two attached hydrogens (primary N) is 1. The molecule has 0 saturated heterocycles. The number of aryl methyl sites for hydroxylation is 1. The van der Waals surface area contributed by atoms with E-state index in [4.69, 9.17) is 5.73 Å². The van der Waals surface area contributed by atoms with E-state index in [0.717, 1.165) is 5.56 Å². The average molecular weight is 383 g/mol. The van der Waals surface area contributed by atoms with E-state index in [1.165, 1.54) is 16.3 Å². The summed E-state index contributed by atoms with van der Waals surface area (Å²) in [5.74, 6) is 0.288. The van der Waals surface area contributed by atoms with Gasteiger partial charge in [-0.15, -0.1) is 0 Å². The van der Waals surface area contributed by atoms with Gasteiger partial charge in [-0.05, 0) is 36.8 Å². The van der Waals surface area contributed by atoms with E-state index >= 15 is 0 Å². The number of hydrogen-bond donors (Lipinski definition) is 2. The van der Waals surface area contributed by atoms with Gasteiger partial charge in [0.1, 0.15) is 5.82 Å². The number of rotatable bonds is 5. The fourth-order valence-electron chi connectivity index (χ4n) is 2.49. The number of urea groups is 1.